The maximum atomic E-state index is 8.79. The molecule has 6 heteroatoms. The van der Waals surface area contributed by atoms with Crippen LogP contribution in [0.1, 0.15) is 18.2 Å². The fourth-order valence-electron chi connectivity index (χ4n) is 1.41. The van der Waals surface area contributed by atoms with E-state index in [-0.39, 0.29) is 0 Å². The quantitative estimate of drug-likeness (QED) is 0.894. The Labute approximate surface area is 109 Å². The van der Waals surface area contributed by atoms with Gasteiger partial charge in [0.15, 0.2) is 0 Å². The van der Waals surface area contributed by atoms with Crippen LogP contribution in [0.25, 0.3) is 0 Å². The first kappa shape index (κ1) is 12.3. The number of nitriles is 1. The maximum absolute atomic E-state index is 8.79. The van der Waals surface area contributed by atoms with Crippen LogP contribution >= 0.6 is 11.5 Å². The molecule has 0 saturated heterocycles. The second-order valence-electron chi connectivity index (χ2n) is 3.51. The summed E-state index contributed by atoms with van der Waals surface area (Å²) in [7, 11) is 0. The predicted molar refractivity (Wildman–Crippen MR) is 69.6 cm³/mol. The molecule has 92 valence electrons. The van der Waals surface area contributed by atoms with Crippen LogP contribution in [0.3, 0.4) is 0 Å². The number of benzene rings is 1. The van der Waals surface area contributed by atoms with Gasteiger partial charge in [-0.3, -0.25) is 0 Å². The first-order valence-electron chi connectivity index (χ1n) is 5.51. The predicted octanol–water partition coefficient (Wildman–Crippen LogP) is 2.42. The molecule has 0 atom stereocenters. The van der Waals surface area contributed by atoms with Crippen molar-refractivity contribution in [3.05, 3.63) is 35.5 Å². The van der Waals surface area contributed by atoms with Crippen molar-refractivity contribution in [1.29, 1.82) is 5.26 Å². The summed E-state index contributed by atoms with van der Waals surface area (Å²) in [6, 6.07) is 9.12. The molecule has 1 heterocycles. The molecule has 0 unspecified atom stereocenters. The Hall–Kier alpha value is -2.13. The van der Waals surface area contributed by atoms with Gasteiger partial charge in [0, 0.05) is 18.1 Å². The molecule has 0 saturated carbocycles. The minimum absolute atomic E-state index is 0.341. The molecule has 0 amide bonds. The lowest BCUT2D eigenvalue weighted by Gasteiger charge is -2.06. The first-order valence-corrected chi connectivity index (χ1v) is 6.29. The van der Waals surface area contributed by atoms with E-state index in [4.69, 9.17) is 10.00 Å². The lowest BCUT2D eigenvalue weighted by molar-refractivity contribution is 0.301. The van der Waals surface area contributed by atoms with Gasteiger partial charge in [-0.15, -0.1) is 5.10 Å². The Morgan fingerprint density at radius 2 is 2.39 bits per heavy atom. The Balaban J connectivity index is 2.02. The number of anilines is 1. The van der Waals surface area contributed by atoms with E-state index < -0.39 is 0 Å². The molecule has 0 radical (unpaired) electrons. The summed E-state index contributed by atoms with van der Waals surface area (Å²) in [5, 5.41) is 16.9. The fourth-order valence-corrected chi connectivity index (χ4v) is 2.04. The van der Waals surface area contributed by atoms with Crippen molar-refractivity contribution in [1.82, 2.24) is 9.59 Å². The summed E-state index contributed by atoms with van der Waals surface area (Å²) in [5.41, 5.74) is 1.36. The molecule has 0 bridgehead atoms. The number of nitrogens with zero attached hydrogens (tertiary/aromatic N) is 3. The number of ether oxygens (including phenoxy) is 1. The molecule has 0 aliphatic heterocycles. The summed E-state index contributed by atoms with van der Waals surface area (Å²) in [6.07, 6.45) is 0. The van der Waals surface area contributed by atoms with Crippen molar-refractivity contribution < 1.29 is 4.74 Å². The van der Waals surface area contributed by atoms with Gasteiger partial charge in [0.2, 0.25) is 0 Å². The van der Waals surface area contributed by atoms with Crippen molar-refractivity contribution in [2.45, 2.75) is 13.5 Å². The van der Waals surface area contributed by atoms with Gasteiger partial charge in [-0.1, -0.05) is 10.6 Å². The van der Waals surface area contributed by atoms with Gasteiger partial charge in [-0.2, -0.15) is 5.26 Å². The summed E-state index contributed by atoms with van der Waals surface area (Å²) < 4.78 is 9.48. The number of aromatic nitrogens is 2. The SMILES string of the molecule is CCNc1snnc1COc1cccc(C#N)c1. The van der Waals surface area contributed by atoms with Crippen LogP contribution in [0.2, 0.25) is 0 Å². The van der Waals surface area contributed by atoms with Gasteiger partial charge in [-0.05, 0) is 25.1 Å². The van der Waals surface area contributed by atoms with Crippen LogP contribution in [0.5, 0.6) is 5.75 Å². The molecule has 1 aromatic heterocycles. The molecule has 0 aliphatic rings. The average Bonchev–Trinajstić information content (AvgIpc) is 2.85. The highest BCUT2D eigenvalue weighted by molar-refractivity contribution is 7.10. The number of hydrogen-bond acceptors (Lipinski definition) is 6. The zero-order valence-electron chi connectivity index (χ0n) is 9.88. The second kappa shape index (κ2) is 5.98. The number of hydrogen-bond donors (Lipinski definition) is 1. The molecule has 0 aliphatic carbocycles. The minimum atomic E-state index is 0.341. The van der Waals surface area contributed by atoms with Crippen LogP contribution in [-0.4, -0.2) is 16.1 Å². The smallest absolute Gasteiger partial charge is 0.136 e. The zero-order valence-corrected chi connectivity index (χ0v) is 10.7. The third-order valence-electron chi connectivity index (χ3n) is 2.23. The zero-order chi connectivity index (χ0) is 12.8. The van der Waals surface area contributed by atoms with Crippen molar-refractivity contribution in [2.75, 3.05) is 11.9 Å². The van der Waals surface area contributed by atoms with Gasteiger partial charge < -0.3 is 10.1 Å². The summed E-state index contributed by atoms with van der Waals surface area (Å²) >= 11 is 1.31. The third kappa shape index (κ3) is 2.96. The lowest BCUT2D eigenvalue weighted by Crippen LogP contribution is -2.02. The van der Waals surface area contributed by atoms with Crippen molar-refractivity contribution >= 4 is 16.5 Å². The summed E-state index contributed by atoms with van der Waals surface area (Å²) in [4.78, 5) is 0. The van der Waals surface area contributed by atoms with E-state index in [1.54, 1.807) is 18.2 Å². The van der Waals surface area contributed by atoms with Gasteiger partial charge in [0.05, 0.1) is 11.6 Å². The Morgan fingerprint density at radius 1 is 1.50 bits per heavy atom. The van der Waals surface area contributed by atoms with Crippen LogP contribution in [0.4, 0.5) is 5.00 Å². The highest BCUT2D eigenvalue weighted by Crippen LogP contribution is 2.20. The molecular weight excluding hydrogens is 248 g/mol. The molecule has 1 N–H and O–H groups in total. The molecule has 0 spiro atoms. The highest BCUT2D eigenvalue weighted by atomic mass is 32.1. The van der Waals surface area contributed by atoms with E-state index in [2.05, 4.69) is 21.0 Å². The van der Waals surface area contributed by atoms with Crippen LogP contribution < -0.4 is 10.1 Å². The van der Waals surface area contributed by atoms with Gasteiger partial charge in [0.1, 0.15) is 23.1 Å². The standard InChI is InChI=1S/C12H12N4OS/c1-2-14-12-11(15-16-18-12)8-17-10-5-3-4-9(6-10)7-13/h3-6,14H,2,8H2,1H3. The van der Waals surface area contributed by atoms with E-state index >= 15 is 0 Å². The number of rotatable bonds is 5. The molecule has 1 aromatic carbocycles. The van der Waals surface area contributed by atoms with Crippen LogP contribution in [0.15, 0.2) is 24.3 Å². The highest BCUT2D eigenvalue weighted by Gasteiger charge is 2.07. The van der Waals surface area contributed by atoms with Gasteiger partial charge in [-0.25, -0.2) is 0 Å². The topological polar surface area (TPSA) is 70.8 Å². The van der Waals surface area contributed by atoms with Gasteiger partial charge in [0.25, 0.3) is 0 Å². The lowest BCUT2D eigenvalue weighted by atomic mass is 10.2. The second-order valence-corrected chi connectivity index (χ2v) is 4.26. The number of nitrogens with one attached hydrogen (secondary N) is 1. The van der Waals surface area contributed by atoms with Crippen molar-refractivity contribution in [2.24, 2.45) is 0 Å². The van der Waals surface area contributed by atoms with Crippen molar-refractivity contribution in [3.8, 4) is 11.8 Å². The Bertz CT molecular complexity index is 561. The Morgan fingerprint density at radius 3 is 3.17 bits per heavy atom. The fraction of sp³-hybridized carbons (Fsp3) is 0.250. The molecule has 18 heavy (non-hydrogen) atoms. The van der Waals surface area contributed by atoms with Crippen LogP contribution in [-0.2, 0) is 6.61 Å². The monoisotopic (exact) mass is 260 g/mol. The molecule has 2 aromatic rings. The van der Waals surface area contributed by atoms with E-state index in [0.29, 0.717) is 17.9 Å². The summed E-state index contributed by atoms with van der Waals surface area (Å²) in [5.74, 6) is 0.657. The first-order chi connectivity index (χ1) is 8.83. The maximum Gasteiger partial charge on any atom is 0.136 e. The molecule has 0 fully saturated rings. The molecule has 2 rings (SSSR count). The Kier molecular flexibility index (Phi) is 4.10. The average molecular weight is 260 g/mol. The molecule has 5 nitrogen and oxygen atoms in total. The normalized spacial score (nSPS) is 9.78. The minimum Gasteiger partial charge on any atom is -0.487 e. The molecular formula is C12H12N4OS. The van der Waals surface area contributed by atoms with E-state index in [1.807, 2.05) is 13.0 Å². The van der Waals surface area contributed by atoms with Crippen molar-refractivity contribution in [3.63, 3.8) is 0 Å². The third-order valence-corrected chi connectivity index (χ3v) is 2.96. The van der Waals surface area contributed by atoms with E-state index in [0.717, 1.165) is 17.2 Å². The largest absolute Gasteiger partial charge is 0.487 e. The van der Waals surface area contributed by atoms with Gasteiger partial charge >= 0.3 is 0 Å². The van der Waals surface area contributed by atoms with E-state index in [1.165, 1.54) is 11.5 Å². The van der Waals surface area contributed by atoms with Crippen LogP contribution in [0, 0.1) is 11.3 Å². The summed E-state index contributed by atoms with van der Waals surface area (Å²) in [6.45, 7) is 3.18. The van der Waals surface area contributed by atoms with E-state index in [9.17, 15) is 0 Å².